The highest BCUT2D eigenvalue weighted by atomic mass is 79.9. The van der Waals surface area contributed by atoms with Gasteiger partial charge in [-0.1, -0.05) is 22.0 Å². The van der Waals surface area contributed by atoms with Crippen molar-refractivity contribution in [3.05, 3.63) is 53.9 Å². The summed E-state index contributed by atoms with van der Waals surface area (Å²) in [7, 11) is 3.32. The first-order valence-electron chi connectivity index (χ1n) is 5.99. The van der Waals surface area contributed by atoms with Crippen molar-refractivity contribution in [3.63, 3.8) is 0 Å². The zero-order valence-corrected chi connectivity index (χ0v) is 12.6. The SMILES string of the molecule is COc1ccc(C(Br)Cc2ccncc2)c(OC)c1. The summed E-state index contributed by atoms with van der Waals surface area (Å²) in [5.41, 5.74) is 2.34. The second-order valence-electron chi connectivity index (χ2n) is 4.14. The van der Waals surface area contributed by atoms with E-state index < -0.39 is 0 Å². The molecule has 0 N–H and O–H groups in total. The fraction of sp³-hybridized carbons (Fsp3) is 0.267. The molecule has 1 aromatic heterocycles. The number of rotatable bonds is 5. The highest BCUT2D eigenvalue weighted by molar-refractivity contribution is 9.09. The van der Waals surface area contributed by atoms with Crippen LogP contribution in [0.3, 0.4) is 0 Å². The Morgan fingerprint density at radius 1 is 1.11 bits per heavy atom. The molecule has 0 amide bonds. The predicted molar refractivity (Wildman–Crippen MR) is 79.2 cm³/mol. The minimum atomic E-state index is 0.191. The van der Waals surface area contributed by atoms with Gasteiger partial charge in [-0.3, -0.25) is 4.98 Å². The van der Waals surface area contributed by atoms with Crippen LogP contribution in [0, 0.1) is 0 Å². The molecule has 0 saturated carbocycles. The van der Waals surface area contributed by atoms with E-state index in [1.54, 1.807) is 26.6 Å². The average Bonchev–Trinajstić information content (AvgIpc) is 2.47. The zero-order valence-electron chi connectivity index (χ0n) is 11.0. The number of methoxy groups -OCH3 is 2. The molecule has 100 valence electrons. The molecule has 0 aliphatic rings. The molecule has 1 atom stereocenters. The van der Waals surface area contributed by atoms with Crippen molar-refractivity contribution in [3.8, 4) is 11.5 Å². The van der Waals surface area contributed by atoms with Crippen molar-refractivity contribution >= 4 is 15.9 Å². The first-order valence-corrected chi connectivity index (χ1v) is 6.91. The van der Waals surface area contributed by atoms with Crippen LogP contribution in [0.15, 0.2) is 42.7 Å². The Bertz CT molecular complexity index is 531. The maximum atomic E-state index is 5.42. The molecule has 4 heteroatoms. The van der Waals surface area contributed by atoms with Gasteiger partial charge in [0.1, 0.15) is 11.5 Å². The van der Waals surface area contributed by atoms with Crippen molar-refractivity contribution in [1.29, 1.82) is 0 Å². The van der Waals surface area contributed by atoms with E-state index in [0.717, 1.165) is 23.5 Å². The molecule has 0 fully saturated rings. The Morgan fingerprint density at radius 3 is 2.47 bits per heavy atom. The number of nitrogens with zero attached hydrogens (tertiary/aromatic N) is 1. The number of aromatic nitrogens is 1. The van der Waals surface area contributed by atoms with Gasteiger partial charge in [0.2, 0.25) is 0 Å². The Balaban J connectivity index is 2.21. The Labute approximate surface area is 121 Å². The van der Waals surface area contributed by atoms with Crippen LogP contribution in [0.25, 0.3) is 0 Å². The van der Waals surface area contributed by atoms with Crippen LogP contribution in [0.4, 0.5) is 0 Å². The molecule has 19 heavy (non-hydrogen) atoms. The van der Waals surface area contributed by atoms with E-state index in [0.29, 0.717) is 0 Å². The minimum Gasteiger partial charge on any atom is -0.497 e. The van der Waals surface area contributed by atoms with E-state index in [9.17, 15) is 0 Å². The summed E-state index contributed by atoms with van der Waals surface area (Å²) in [6, 6.07) is 9.90. The Kier molecular flexibility index (Phi) is 4.80. The van der Waals surface area contributed by atoms with E-state index in [4.69, 9.17) is 9.47 Å². The van der Waals surface area contributed by atoms with Gasteiger partial charge in [-0.2, -0.15) is 0 Å². The topological polar surface area (TPSA) is 31.4 Å². The lowest BCUT2D eigenvalue weighted by molar-refractivity contribution is 0.391. The zero-order chi connectivity index (χ0) is 13.7. The third kappa shape index (κ3) is 3.47. The van der Waals surface area contributed by atoms with Gasteiger partial charge >= 0.3 is 0 Å². The van der Waals surface area contributed by atoms with Gasteiger partial charge in [-0.15, -0.1) is 0 Å². The third-order valence-electron chi connectivity index (χ3n) is 2.94. The molecule has 0 bridgehead atoms. The molecule has 0 aliphatic heterocycles. The molecule has 0 spiro atoms. The fourth-order valence-electron chi connectivity index (χ4n) is 1.91. The lowest BCUT2D eigenvalue weighted by Crippen LogP contribution is -1.99. The lowest BCUT2D eigenvalue weighted by atomic mass is 10.0. The quantitative estimate of drug-likeness (QED) is 0.785. The van der Waals surface area contributed by atoms with Crippen molar-refractivity contribution in [2.45, 2.75) is 11.2 Å². The number of benzene rings is 1. The molecule has 0 saturated heterocycles. The van der Waals surface area contributed by atoms with Gasteiger partial charge in [0, 0.05) is 28.9 Å². The van der Waals surface area contributed by atoms with Gasteiger partial charge in [0.25, 0.3) is 0 Å². The number of hydrogen-bond acceptors (Lipinski definition) is 3. The molecule has 0 aliphatic carbocycles. The summed E-state index contributed by atoms with van der Waals surface area (Å²) in [4.78, 5) is 4.22. The maximum Gasteiger partial charge on any atom is 0.126 e. The molecule has 2 aromatic rings. The van der Waals surface area contributed by atoms with Crippen molar-refractivity contribution in [2.24, 2.45) is 0 Å². The first kappa shape index (κ1) is 13.9. The number of alkyl halides is 1. The number of hydrogen-bond donors (Lipinski definition) is 0. The number of halogens is 1. The number of ether oxygens (including phenoxy) is 2. The van der Waals surface area contributed by atoms with E-state index in [-0.39, 0.29) is 4.83 Å². The highest BCUT2D eigenvalue weighted by Gasteiger charge is 2.14. The summed E-state index contributed by atoms with van der Waals surface area (Å²) in [6.07, 6.45) is 4.49. The lowest BCUT2D eigenvalue weighted by Gasteiger charge is -2.15. The van der Waals surface area contributed by atoms with Crippen molar-refractivity contribution in [2.75, 3.05) is 14.2 Å². The first-order chi connectivity index (χ1) is 9.24. The van der Waals surface area contributed by atoms with E-state index >= 15 is 0 Å². The van der Waals surface area contributed by atoms with E-state index in [1.165, 1.54) is 5.56 Å². The molecular weight excluding hydrogens is 306 g/mol. The summed E-state index contributed by atoms with van der Waals surface area (Å²) >= 11 is 3.72. The molecule has 0 radical (unpaired) electrons. The van der Waals surface area contributed by atoms with Gasteiger partial charge in [0.05, 0.1) is 14.2 Å². The van der Waals surface area contributed by atoms with E-state index in [1.807, 2.05) is 30.3 Å². The van der Waals surface area contributed by atoms with Crippen LogP contribution in [-0.4, -0.2) is 19.2 Å². The molecule has 1 heterocycles. The number of pyridine rings is 1. The monoisotopic (exact) mass is 321 g/mol. The average molecular weight is 322 g/mol. The largest absolute Gasteiger partial charge is 0.497 e. The van der Waals surface area contributed by atoms with Crippen LogP contribution in [0.2, 0.25) is 0 Å². The van der Waals surface area contributed by atoms with Gasteiger partial charge < -0.3 is 9.47 Å². The van der Waals surface area contributed by atoms with Crippen molar-refractivity contribution in [1.82, 2.24) is 4.98 Å². The van der Waals surface area contributed by atoms with Crippen LogP contribution < -0.4 is 9.47 Å². The molecule has 1 aromatic carbocycles. The second-order valence-corrected chi connectivity index (χ2v) is 5.24. The van der Waals surface area contributed by atoms with Crippen LogP contribution in [-0.2, 0) is 6.42 Å². The second kappa shape index (κ2) is 6.57. The summed E-state index contributed by atoms with van der Waals surface area (Å²) in [5, 5.41) is 0. The van der Waals surface area contributed by atoms with Crippen molar-refractivity contribution < 1.29 is 9.47 Å². The minimum absolute atomic E-state index is 0.191. The maximum absolute atomic E-state index is 5.42. The normalized spacial score (nSPS) is 11.9. The van der Waals surface area contributed by atoms with Gasteiger partial charge in [-0.05, 0) is 30.2 Å². The third-order valence-corrected chi connectivity index (χ3v) is 3.76. The van der Waals surface area contributed by atoms with Gasteiger partial charge in [0.15, 0.2) is 0 Å². The van der Waals surface area contributed by atoms with Gasteiger partial charge in [-0.25, -0.2) is 0 Å². The van der Waals surface area contributed by atoms with E-state index in [2.05, 4.69) is 20.9 Å². The summed E-state index contributed by atoms with van der Waals surface area (Å²) in [6.45, 7) is 0. The molecule has 3 nitrogen and oxygen atoms in total. The highest BCUT2D eigenvalue weighted by Crippen LogP contribution is 2.35. The van der Waals surface area contributed by atoms with Crippen LogP contribution in [0.1, 0.15) is 16.0 Å². The Morgan fingerprint density at radius 2 is 1.84 bits per heavy atom. The summed E-state index contributed by atoms with van der Waals surface area (Å²) < 4.78 is 10.6. The predicted octanol–water partition coefficient (Wildman–Crippen LogP) is 3.78. The molecule has 1 unspecified atom stereocenters. The smallest absolute Gasteiger partial charge is 0.126 e. The molecule has 2 rings (SSSR count). The summed E-state index contributed by atoms with van der Waals surface area (Å²) in [5.74, 6) is 1.62. The standard InChI is InChI=1S/C15H16BrNO2/c1-18-12-3-4-13(15(10-12)19-2)14(16)9-11-5-7-17-8-6-11/h3-8,10,14H,9H2,1-2H3. The molecular formula is C15H16BrNO2. The van der Waals surface area contributed by atoms with Crippen LogP contribution in [0.5, 0.6) is 11.5 Å². The fourth-order valence-corrected chi connectivity index (χ4v) is 2.67. The Hall–Kier alpha value is -1.55. The van der Waals surface area contributed by atoms with Crippen LogP contribution >= 0.6 is 15.9 Å².